The lowest BCUT2D eigenvalue weighted by Gasteiger charge is -2.27. The van der Waals surface area contributed by atoms with Crippen molar-refractivity contribution in [2.75, 3.05) is 0 Å². The number of hydrogen-bond donors (Lipinski definition) is 0. The molecule has 0 saturated heterocycles. The fraction of sp³-hybridized carbons (Fsp3) is 0.125. The Balaban J connectivity index is 2.08. The standard InChI is InChI=1S/C16H12BFN2O/c17-12-6-11-14(20-9-19)8-15(10-4-2-1-3-5-10)21-16(11)7-13(12)18/h1-7,15H,8,17H2/b20-14+. The lowest BCUT2D eigenvalue weighted by atomic mass is 9.88. The summed E-state index contributed by atoms with van der Waals surface area (Å²) >= 11 is 0. The van der Waals surface area contributed by atoms with E-state index in [4.69, 9.17) is 10.00 Å². The summed E-state index contributed by atoms with van der Waals surface area (Å²) in [5.41, 5.74) is 2.83. The Hall–Kier alpha value is -2.61. The molecule has 2 aromatic carbocycles. The van der Waals surface area contributed by atoms with Gasteiger partial charge in [-0.25, -0.2) is 4.39 Å². The zero-order valence-electron chi connectivity index (χ0n) is 11.5. The molecule has 0 saturated carbocycles. The minimum atomic E-state index is -0.321. The Morgan fingerprint density at radius 3 is 2.76 bits per heavy atom. The average molecular weight is 278 g/mol. The van der Waals surface area contributed by atoms with Crippen LogP contribution in [0.1, 0.15) is 23.7 Å². The van der Waals surface area contributed by atoms with Crippen molar-refractivity contribution in [3.05, 3.63) is 59.4 Å². The summed E-state index contributed by atoms with van der Waals surface area (Å²) in [6, 6.07) is 12.7. The van der Waals surface area contributed by atoms with E-state index in [9.17, 15) is 4.39 Å². The van der Waals surface area contributed by atoms with Gasteiger partial charge >= 0.3 is 0 Å². The molecule has 1 aliphatic rings. The van der Waals surface area contributed by atoms with E-state index in [0.29, 0.717) is 28.9 Å². The summed E-state index contributed by atoms with van der Waals surface area (Å²) < 4.78 is 19.7. The molecule has 21 heavy (non-hydrogen) atoms. The SMILES string of the molecule is Bc1cc2c(cc1F)OC(c1ccccc1)C/C2=N\C#N. The molecule has 3 rings (SSSR count). The van der Waals surface area contributed by atoms with E-state index in [2.05, 4.69) is 4.99 Å². The normalized spacial score (nSPS) is 18.7. The van der Waals surface area contributed by atoms with Gasteiger partial charge in [-0.15, -0.1) is 0 Å². The zero-order valence-corrected chi connectivity index (χ0v) is 11.5. The molecule has 0 radical (unpaired) electrons. The van der Waals surface area contributed by atoms with Crippen LogP contribution in [0.5, 0.6) is 5.75 Å². The second-order valence-electron chi connectivity index (χ2n) is 4.98. The maximum atomic E-state index is 13.8. The molecular weight excluding hydrogens is 266 g/mol. The van der Waals surface area contributed by atoms with E-state index in [0.717, 1.165) is 5.56 Å². The van der Waals surface area contributed by atoms with Gasteiger partial charge in [-0.1, -0.05) is 41.9 Å². The van der Waals surface area contributed by atoms with Gasteiger partial charge in [0.05, 0.1) is 5.71 Å². The van der Waals surface area contributed by atoms with Crippen LogP contribution in [0.15, 0.2) is 47.5 Å². The van der Waals surface area contributed by atoms with E-state index in [1.54, 1.807) is 13.9 Å². The molecule has 0 aromatic heterocycles. The molecule has 1 atom stereocenters. The third-order valence-electron chi connectivity index (χ3n) is 3.58. The van der Waals surface area contributed by atoms with Crippen molar-refractivity contribution in [1.29, 1.82) is 5.26 Å². The molecule has 102 valence electrons. The van der Waals surface area contributed by atoms with E-state index < -0.39 is 0 Å². The smallest absolute Gasteiger partial charge is 0.205 e. The van der Waals surface area contributed by atoms with Crippen molar-refractivity contribution in [2.24, 2.45) is 4.99 Å². The minimum absolute atomic E-state index is 0.257. The highest BCUT2D eigenvalue weighted by molar-refractivity contribution is 6.33. The zero-order chi connectivity index (χ0) is 14.8. The molecule has 0 amide bonds. The second-order valence-corrected chi connectivity index (χ2v) is 4.98. The van der Waals surface area contributed by atoms with Crippen LogP contribution in [-0.2, 0) is 0 Å². The fourth-order valence-electron chi connectivity index (χ4n) is 2.49. The van der Waals surface area contributed by atoms with Crippen LogP contribution in [-0.4, -0.2) is 13.6 Å². The second kappa shape index (κ2) is 5.41. The molecule has 3 nitrogen and oxygen atoms in total. The average Bonchev–Trinajstić information content (AvgIpc) is 2.50. The number of nitrogens with zero attached hydrogens (tertiary/aromatic N) is 2. The number of fused-ring (bicyclic) bond motifs is 1. The fourth-order valence-corrected chi connectivity index (χ4v) is 2.49. The number of aliphatic imine (C=N–C) groups is 1. The number of hydrogen-bond acceptors (Lipinski definition) is 3. The van der Waals surface area contributed by atoms with Crippen LogP contribution in [0.2, 0.25) is 0 Å². The molecule has 5 heteroatoms. The summed E-state index contributed by atoms with van der Waals surface area (Å²) in [5.74, 6) is 0.117. The van der Waals surface area contributed by atoms with Crippen molar-refractivity contribution in [3.8, 4) is 11.9 Å². The van der Waals surface area contributed by atoms with E-state index in [1.807, 2.05) is 36.5 Å². The van der Waals surface area contributed by atoms with Gasteiger partial charge in [0.15, 0.2) is 0 Å². The number of nitriles is 1. The van der Waals surface area contributed by atoms with Crippen molar-refractivity contribution in [1.82, 2.24) is 0 Å². The summed E-state index contributed by atoms with van der Waals surface area (Å²) in [7, 11) is 1.68. The van der Waals surface area contributed by atoms with Crippen LogP contribution in [0.3, 0.4) is 0 Å². The molecule has 1 aliphatic heterocycles. The Morgan fingerprint density at radius 1 is 1.29 bits per heavy atom. The third-order valence-corrected chi connectivity index (χ3v) is 3.58. The van der Waals surface area contributed by atoms with Crippen molar-refractivity contribution in [3.63, 3.8) is 0 Å². The Bertz CT molecular complexity index is 753. The van der Waals surface area contributed by atoms with Gasteiger partial charge in [0.2, 0.25) is 6.19 Å². The first kappa shape index (κ1) is 13.4. The number of rotatable bonds is 1. The number of benzene rings is 2. The predicted octanol–water partition coefficient (Wildman–Crippen LogP) is 1.88. The van der Waals surface area contributed by atoms with Crippen LogP contribution in [0.25, 0.3) is 0 Å². The van der Waals surface area contributed by atoms with Crippen LogP contribution < -0.4 is 10.2 Å². The van der Waals surface area contributed by atoms with Gasteiger partial charge in [0.1, 0.15) is 25.5 Å². The largest absolute Gasteiger partial charge is 0.485 e. The first-order chi connectivity index (χ1) is 10.2. The van der Waals surface area contributed by atoms with Gasteiger partial charge in [-0.3, -0.25) is 0 Å². The molecule has 1 unspecified atom stereocenters. The summed E-state index contributed by atoms with van der Waals surface area (Å²) in [5, 5.41) is 8.87. The van der Waals surface area contributed by atoms with E-state index >= 15 is 0 Å². The molecule has 2 aromatic rings. The first-order valence-corrected chi connectivity index (χ1v) is 6.67. The topological polar surface area (TPSA) is 45.4 Å². The lowest BCUT2D eigenvalue weighted by molar-refractivity contribution is 0.205. The van der Waals surface area contributed by atoms with Gasteiger partial charge in [-0.05, 0) is 5.56 Å². The summed E-state index contributed by atoms with van der Waals surface area (Å²) in [4.78, 5) is 3.89. The quantitative estimate of drug-likeness (QED) is 0.590. The van der Waals surface area contributed by atoms with Gasteiger partial charge in [0.25, 0.3) is 0 Å². The molecule has 1 heterocycles. The third kappa shape index (κ3) is 2.53. The van der Waals surface area contributed by atoms with Crippen LogP contribution in [0, 0.1) is 17.3 Å². The summed E-state index contributed by atoms with van der Waals surface area (Å²) in [6.07, 6.45) is 2.06. The first-order valence-electron chi connectivity index (χ1n) is 6.67. The highest BCUT2D eigenvalue weighted by Crippen LogP contribution is 2.35. The Labute approximate surface area is 123 Å². The van der Waals surface area contributed by atoms with Crippen LogP contribution >= 0.6 is 0 Å². The molecule has 0 fully saturated rings. The molecule has 0 spiro atoms. The minimum Gasteiger partial charge on any atom is -0.485 e. The monoisotopic (exact) mass is 278 g/mol. The summed E-state index contributed by atoms with van der Waals surface area (Å²) in [6.45, 7) is 0. The van der Waals surface area contributed by atoms with Gasteiger partial charge in [0, 0.05) is 18.1 Å². The Kier molecular flexibility index (Phi) is 3.45. The van der Waals surface area contributed by atoms with Crippen molar-refractivity contribution in [2.45, 2.75) is 12.5 Å². The Morgan fingerprint density at radius 2 is 2.05 bits per heavy atom. The van der Waals surface area contributed by atoms with Crippen molar-refractivity contribution >= 4 is 19.0 Å². The van der Waals surface area contributed by atoms with E-state index in [1.165, 1.54) is 6.07 Å². The highest BCUT2D eigenvalue weighted by Gasteiger charge is 2.27. The molecule has 0 bridgehead atoms. The molecule has 0 aliphatic carbocycles. The van der Waals surface area contributed by atoms with Gasteiger partial charge in [-0.2, -0.15) is 10.3 Å². The predicted molar refractivity (Wildman–Crippen MR) is 81.2 cm³/mol. The maximum absolute atomic E-state index is 13.8. The highest BCUT2D eigenvalue weighted by atomic mass is 19.1. The van der Waals surface area contributed by atoms with Crippen molar-refractivity contribution < 1.29 is 9.13 Å². The number of halogens is 1. The van der Waals surface area contributed by atoms with Gasteiger partial charge < -0.3 is 4.74 Å². The number of ether oxygens (including phenoxy) is 1. The molecular formula is C16H12BFN2O. The maximum Gasteiger partial charge on any atom is 0.205 e. The van der Waals surface area contributed by atoms with E-state index in [-0.39, 0.29) is 11.9 Å². The lowest BCUT2D eigenvalue weighted by Crippen LogP contribution is -2.24. The molecule has 0 N–H and O–H groups in total. The van der Waals surface area contributed by atoms with Crippen LogP contribution in [0.4, 0.5) is 4.39 Å².